The lowest BCUT2D eigenvalue weighted by Crippen LogP contribution is -2.64. The monoisotopic (exact) mass is 283 g/mol. The van der Waals surface area contributed by atoms with E-state index in [1.165, 1.54) is 43.2 Å². The van der Waals surface area contributed by atoms with E-state index in [2.05, 4.69) is 36.5 Å². The van der Waals surface area contributed by atoms with Crippen molar-refractivity contribution in [2.75, 3.05) is 0 Å². The molecule has 1 aromatic rings. The second-order valence-electron chi connectivity index (χ2n) is 8.07. The zero-order valence-corrected chi connectivity index (χ0v) is 13.1. The highest BCUT2D eigenvalue weighted by molar-refractivity contribution is 5.74. The van der Waals surface area contributed by atoms with Crippen molar-refractivity contribution in [2.45, 2.75) is 63.3 Å². The van der Waals surface area contributed by atoms with Crippen molar-refractivity contribution in [3.05, 3.63) is 35.4 Å². The molecule has 1 N–H and O–H groups in total. The first-order valence-electron chi connectivity index (χ1n) is 8.35. The fourth-order valence-corrected chi connectivity index (χ4v) is 6.03. The fraction of sp³-hybridized carbons (Fsp3) is 0.632. The Kier molecular flexibility index (Phi) is 2.76. The molecule has 1 aromatic carbocycles. The van der Waals surface area contributed by atoms with E-state index < -0.39 is 0 Å². The molecule has 112 valence electrons. The summed E-state index contributed by atoms with van der Waals surface area (Å²) in [4.78, 5) is 11.7. The largest absolute Gasteiger partial charge is 0.351 e. The molecule has 4 fully saturated rings. The number of carbonyl (C=O) groups is 1. The third-order valence-corrected chi connectivity index (χ3v) is 6.17. The van der Waals surface area contributed by atoms with Crippen LogP contribution in [0.5, 0.6) is 0 Å². The third kappa shape index (κ3) is 2.11. The summed E-state index contributed by atoms with van der Waals surface area (Å²) in [7, 11) is 0. The molecule has 2 heteroatoms. The fourth-order valence-electron chi connectivity index (χ4n) is 6.03. The van der Waals surface area contributed by atoms with Gasteiger partial charge in [-0.3, -0.25) is 4.79 Å². The summed E-state index contributed by atoms with van der Waals surface area (Å²) in [5.74, 6) is 1.76. The second kappa shape index (κ2) is 4.34. The lowest BCUT2D eigenvalue weighted by Gasteiger charge is -2.62. The van der Waals surface area contributed by atoms with E-state index in [1.807, 2.05) is 0 Å². The van der Waals surface area contributed by atoms with Gasteiger partial charge in [0, 0.05) is 12.5 Å². The molecule has 4 aliphatic rings. The molecule has 2 atom stereocenters. The van der Waals surface area contributed by atoms with Gasteiger partial charge in [-0.15, -0.1) is 0 Å². The molecule has 0 aliphatic heterocycles. The van der Waals surface area contributed by atoms with E-state index in [4.69, 9.17) is 0 Å². The molecule has 21 heavy (non-hydrogen) atoms. The van der Waals surface area contributed by atoms with E-state index in [-0.39, 0.29) is 11.4 Å². The number of nitrogens with one attached hydrogen (secondary N) is 1. The van der Waals surface area contributed by atoms with E-state index in [0.717, 1.165) is 18.3 Å². The van der Waals surface area contributed by atoms with Crippen molar-refractivity contribution in [1.29, 1.82) is 0 Å². The number of carbonyl (C=O) groups excluding carboxylic acids is 1. The lowest BCUT2D eigenvalue weighted by atomic mass is 9.45. The molecular weight excluding hydrogens is 258 g/mol. The Morgan fingerprint density at radius 1 is 1.10 bits per heavy atom. The highest BCUT2D eigenvalue weighted by Gasteiger charge is 2.58. The zero-order valence-electron chi connectivity index (χ0n) is 13.1. The molecule has 1 amide bonds. The maximum absolute atomic E-state index is 11.7. The number of amides is 1. The Hall–Kier alpha value is -1.31. The smallest absolute Gasteiger partial charge is 0.217 e. The highest BCUT2D eigenvalue weighted by atomic mass is 16.1. The van der Waals surface area contributed by atoms with Crippen LogP contribution in [0.25, 0.3) is 0 Å². The maximum atomic E-state index is 11.7. The molecule has 0 aromatic heterocycles. The molecule has 0 saturated heterocycles. The van der Waals surface area contributed by atoms with Crippen molar-refractivity contribution < 1.29 is 4.79 Å². The Balaban J connectivity index is 1.73. The first kappa shape index (κ1) is 13.4. The molecule has 4 aliphatic carbocycles. The quantitative estimate of drug-likeness (QED) is 0.880. The van der Waals surface area contributed by atoms with Crippen molar-refractivity contribution >= 4 is 5.91 Å². The Bertz CT molecular complexity index is 560. The van der Waals surface area contributed by atoms with Gasteiger partial charge in [0.25, 0.3) is 0 Å². The van der Waals surface area contributed by atoms with E-state index in [0.29, 0.717) is 5.41 Å². The molecule has 0 spiro atoms. The van der Waals surface area contributed by atoms with Crippen LogP contribution in [-0.4, -0.2) is 11.4 Å². The molecule has 5 rings (SSSR count). The minimum absolute atomic E-state index is 0.0841. The minimum Gasteiger partial charge on any atom is -0.351 e. The minimum atomic E-state index is 0.0841. The first-order chi connectivity index (χ1) is 9.99. The van der Waals surface area contributed by atoms with Crippen molar-refractivity contribution in [2.24, 2.45) is 11.8 Å². The van der Waals surface area contributed by atoms with Gasteiger partial charge >= 0.3 is 0 Å². The van der Waals surface area contributed by atoms with Gasteiger partial charge in [0.15, 0.2) is 0 Å². The summed E-state index contributed by atoms with van der Waals surface area (Å²) in [6.07, 6.45) is 7.60. The molecular formula is C19H25NO. The Morgan fingerprint density at radius 2 is 1.71 bits per heavy atom. The summed E-state index contributed by atoms with van der Waals surface area (Å²) in [5.41, 5.74) is 3.25. The number of rotatable bonds is 2. The maximum Gasteiger partial charge on any atom is 0.217 e. The van der Waals surface area contributed by atoms with Gasteiger partial charge in [-0.1, -0.05) is 29.8 Å². The van der Waals surface area contributed by atoms with E-state index in [9.17, 15) is 4.79 Å². The van der Waals surface area contributed by atoms with Gasteiger partial charge < -0.3 is 5.32 Å². The number of hydrogen-bond donors (Lipinski definition) is 1. The van der Waals surface area contributed by atoms with Gasteiger partial charge in [-0.05, 0) is 68.3 Å². The predicted octanol–water partition coefficient (Wildman–Crippen LogP) is 3.72. The molecule has 4 saturated carbocycles. The summed E-state index contributed by atoms with van der Waals surface area (Å²) in [6, 6.07) is 9.17. The molecule has 0 radical (unpaired) electrons. The third-order valence-electron chi connectivity index (χ3n) is 6.17. The van der Waals surface area contributed by atoms with Crippen LogP contribution in [0.15, 0.2) is 24.3 Å². The lowest BCUT2D eigenvalue weighted by molar-refractivity contribution is -0.125. The average Bonchev–Trinajstić information content (AvgIpc) is 2.35. The predicted molar refractivity (Wildman–Crippen MR) is 84.1 cm³/mol. The van der Waals surface area contributed by atoms with Crippen molar-refractivity contribution in [3.8, 4) is 0 Å². The summed E-state index contributed by atoms with van der Waals surface area (Å²) in [6.45, 7) is 3.83. The highest BCUT2D eigenvalue weighted by Crippen LogP contribution is 2.62. The normalized spacial score (nSPS) is 40.3. The van der Waals surface area contributed by atoms with Gasteiger partial charge in [0.05, 0.1) is 0 Å². The van der Waals surface area contributed by atoms with Crippen LogP contribution < -0.4 is 5.32 Å². The molecule has 0 heterocycles. The zero-order chi connectivity index (χ0) is 14.7. The standard InChI is InChI=1S/C19H25NO/c1-13-3-5-17(6-4-13)18-8-15-7-16(9-18)11-19(10-15,12-18)20-14(2)21/h3-6,15-16H,7-12H2,1-2H3,(H,20,21). The van der Waals surface area contributed by atoms with Gasteiger partial charge in [0.2, 0.25) is 5.91 Å². The van der Waals surface area contributed by atoms with Crippen LogP contribution in [0, 0.1) is 18.8 Å². The number of hydrogen-bond acceptors (Lipinski definition) is 1. The van der Waals surface area contributed by atoms with Gasteiger partial charge in [0.1, 0.15) is 0 Å². The van der Waals surface area contributed by atoms with Crippen LogP contribution in [0.2, 0.25) is 0 Å². The second-order valence-corrected chi connectivity index (χ2v) is 8.07. The van der Waals surface area contributed by atoms with Gasteiger partial charge in [-0.2, -0.15) is 0 Å². The Morgan fingerprint density at radius 3 is 2.29 bits per heavy atom. The van der Waals surface area contributed by atoms with Crippen LogP contribution >= 0.6 is 0 Å². The topological polar surface area (TPSA) is 29.1 Å². The van der Waals surface area contributed by atoms with Crippen LogP contribution in [0.3, 0.4) is 0 Å². The van der Waals surface area contributed by atoms with Crippen LogP contribution in [-0.2, 0) is 10.2 Å². The van der Waals surface area contributed by atoms with E-state index in [1.54, 1.807) is 6.92 Å². The SMILES string of the molecule is CC(=O)NC12CC3CC(C1)CC(c1ccc(C)cc1)(C3)C2. The number of aryl methyl sites for hydroxylation is 1. The Labute approximate surface area is 127 Å². The summed E-state index contributed by atoms with van der Waals surface area (Å²) >= 11 is 0. The van der Waals surface area contributed by atoms with Crippen LogP contribution in [0.1, 0.15) is 56.6 Å². The van der Waals surface area contributed by atoms with Crippen molar-refractivity contribution in [3.63, 3.8) is 0 Å². The van der Waals surface area contributed by atoms with Gasteiger partial charge in [-0.25, -0.2) is 0 Å². The average molecular weight is 283 g/mol. The molecule has 2 unspecified atom stereocenters. The summed E-state index contributed by atoms with van der Waals surface area (Å²) < 4.78 is 0. The molecule has 4 bridgehead atoms. The summed E-state index contributed by atoms with van der Waals surface area (Å²) in [5, 5.41) is 3.35. The van der Waals surface area contributed by atoms with Crippen molar-refractivity contribution in [1.82, 2.24) is 5.32 Å². The molecule has 2 nitrogen and oxygen atoms in total. The van der Waals surface area contributed by atoms with Crippen LogP contribution in [0.4, 0.5) is 0 Å². The van der Waals surface area contributed by atoms with E-state index >= 15 is 0 Å². The first-order valence-corrected chi connectivity index (χ1v) is 8.35. The number of benzene rings is 1.